The zero-order valence-corrected chi connectivity index (χ0v) is 13.4. The van der Waals surface area contributed by atoms with Gasteiger partial charge >= 0.3 is 0 Å². The fourth-order valence-corrected chi connectivity index (χ4v) is 4.33. The topological polar surface area (TPSA) is 58.1 Å². The minimum Gasteiger partial charge on any atom is -0.356 e. The van der Waals surface area contributed by atoms with Crippen molar-refractivity contribution in [2.24, 2.45) is 23.7 Å². The van der Waals surface area contributed by atoms with Crippen molar-refractivity contribution in [2.75, 3.05) is 24.5 Å². The van der Waals surface area contributed by atoms with E-state index >= 15 is 0 Å². The SMILES string of the molecule is O=C(NC[C@H]1C[C@@H]2C=C[C@H]1C2)[C@@H]1CCCN(c2ncccn2)C1. The summed E-state index contributed by atoms with van der Waals surface area (Å²) in [5.74, 6) is 3.11. The first kappa shape index (κ1) is 14.7. The van der Waals surface area contributed by atoms with E-state index in [1.165, 1.54) is 12.8 Å². The number of piperidine rings is 1. The summed E-state index contributed by atoms with van der Waals surface area (Å²) in [5, 5.41) is 3.21. The Morgan fingerprint density at radius 3 is 2.87 bits per heavy atom. The van der Waals surface area contributed by atoms with Gasteiger partial charge in [-0.15, -0.1) is 0 Å². The molecule has 1 saturated heterocycles. The minimum absolute atomic E-state index is 0.0571. The summed E-state index contributed by atoms with van der Waals surface area (Å²) in [6.45, 7) is 2.50. The fraction of sp³-hybridized carbons (Fsp3) is 0.611. The van der Waals surface area contributed by atoms with E-state index in [0.29, 0.717) is 11.8 Å². The summed E-state index contributed by atoms with van der Waals surface area (Å²) in [6, 6.07) is 1.82. The molecule has 0 unspecified atom stereocenters. The molecule has 1 amide bonds. The summed E-state index contributed by atoms with van der Waals surface area (Å²) in [6.07, 6.45) is 12.7. The van der Waals surface area contributed by atoms with Crippen molar-refractivity contribution in [2.45, 2.75) is 25.7 Å². The summed E-state index contributed by atoms with van der Waals surface area (Å²) < 4.78 is 0. The van der Waals surface area contributed by atoms with Gasteiger partial charge in [0.1, 0.15) is 0 Å². The van der Waals surface area contributed by atoms with Gasteiger partial charge < -0.3 is 10.2 Å². The number of amides is 1. The Labute approximate surface area is 137 Å². The summed E-state index contributed by atoms with van der Waals surface area (Å²) in [4.78, 5) is 23.3. The standard InChI is InChI=1S/C18H24N4O/c23-17(21-11-16-10-13-4-5-14(16)9-13)15-3-1-8-22(12-15)18-19-6-2-7-20-18/h2,4-7,13-16H,1,3,8-12H2,(H,21,23)/t13-,14+,15-,16-/m1/s1. The third kappa shape index (κ3) is 3.09. The molecule has 0 aromatic carbocycles. The Hall–Kier alpha value is -1.91. The van der Waals surface area contributed by atoms with Crippen LogP contribution in [-0.2, 0) is 4.79 Å². The van der Waals surface area contributed by atoms with Crippen LogP contribution in [0.15, 0.2) is 30.6 Å². The van der Waals surface area contributed by atoms with Crippen LogP contribution in [0.1, 0.15) is 25.7 Å². The lowest BCUT2D eigenvalue weighted by atomic mass is 9.92. The smallest absolute Gasteiger partial charge is 0.225 e. The van der Waals surface area contributed by atoms with Gasteiger partial charge in [-0.05, 0) is 49.5 Å². The van der Waals surface area contributed by atoms with E-state index in [1.54, 1.807) is 12.4 Å². The molecule has 4 rings (SSSR count). The first-order valence-corrected chi connectivity index (χ1v) is 8.77. The van der Waals surface area contributed by atoms with Crippen molar-refractivity contribution >= 4 is 11.9 Å². The third-order valence-electron chi connectivity index (χ3n) is 5.58. The van der Waals surface area contributed by atoms with E-state index in [4.69, 9.17) is 0 Å². The Morgan fingerprint density at radius 1 is 1.26 bits per heavy atom. The van der Waals surface area contributed by atoms with E-state index in [2.05, 4.69) is 32.3 Å². The number of hydrogen-bond acceptors (Lipinski definition) is 4. The molecule has 5 nitrogen and oxygen atoms in total. The molecule has 2 aliphatic carbocycles. The number of anilines is 1. The number of fused-ring (bicyclic) bond motifs is 2. The molecule has 4 atom stereocenters. The van der Waals surface area contributed by atoms with Crippen LogP contribution in [0.3, 0.4) is 0 Å². The molecule has 0 spiro atoms. The molecule has 1 N–H and O–H groups in total. The summed E-state index contributed by atoms with van der Waals surface area (Å²) in [5.41, 5.74) is 0. The average Bonchev–Trinajstić information content (AvgIpc) is 3.23. The molecule has 2 heterocycles. The lowest BCUT2D eigenvalue weighted by Gasteiger charge is -2.32. The Bertz CT molecular complexity index is 588. The molecule has 122 valence electrons. The van der Waals surface area contributed by atoms with Crippen LogP contribution in [0, 0.1) is 23.7 Å². The Balaban J connectivity index is 1.30. The van der Waals surface area contributed by atoms with Crippen LogP contribution < -0.4 is 10.2 Å². The average molecular weight is 312 g/mol. The maximum atomic E-state index is 12.5. The highest BCUT2D eigenvalue weighted by Crippen LogP contribution is 2.43. The van der Waals surface area contributed by atoms with Crippen LogP contribution in [0.4, 0.5) is 5.95 Å². The predicted octanol–water partition coefficient (Wildman–Crippen LogP) is 2.02. The second kappa shape index (κ2) is 6.30. The lowest BCUT2D eigenvalue weighted by molar-refractivity contribution is -0.125. The van der Waals surface area contributed by atoms with Gasteiger partial charge in [-0.3, -0.25) is 4.79 Å². The van der Waals surface area contributed by atoms with Crippen molar-refractivity contribution in [3.8, 4) is 0 Å². The second-order valence-electron chi connectivity index (χ2n) is 7.12. The molecule has 0 radical (unpaired) electrons. The van der Waals surface area contributed by atoms with Crippen molar-refractivity contribution < 1.29 is 4.79 Å². The Morgan fingerprint density at radius 2 is 2.13 bits per heavy atom. The zero-order chi connectivity index (χ0) is 15.6. The molecule has 1 aromatic heterocycles. The monoisotopic (exact) mass is 312 g/mol. The van der Waals surface area contributed by atoms with Gasteiger partial charge in [0.25, 0.3) is 0 Å². The number of rotatable bonds is 4. The van der Waals surface area contributed by atoms with Gasteiger partial charge in [0.05, 0.1) is 5.92 Å². The van der Waals surface area contributed by atoms with E-state index in [9.17, 15) is 4.79 Å². The predicted molar refractivity (Wildman–Crippen MR) is 88.8 cm³/mol. The van der Waals surface area contributed by atoms with E-state index in [-0.39, 0.29) is 11.8 Å². The Kier molecular flexibility index (Phi) is 4.02. The van der Waals surface area contributed by atoms with Crippen LogP contribution >= 0.6 is 0 Å². The summed E-state index contributed by atoms with van der Waals surface area (Å²) in [7, 11) is 0. The van der Waals surface area contributed by atoms with E-state index in [1.807, 2.05) is 6.07 Å². The van der Waals surface area contributed by atoms with Crippen molar-refractivity contribution in [3.05, 3.63) is 30.6 Å². The van der Waals surface area contributed by atoms with E-state index < -0.39 is 0 Å². The van der Waals surface area contributed by atoms with Gasteiger partial charge in [0.15, 0.2) is 0 Å². The van der Waals surface area contributed by atoms with Crippen LogP contribution in [-0.4, -0.2) is 35.5 Å². The third-order valence-corrected chi connectivity index (χ3v) is 5.58. The van der Waals surface area contributed by atoms with E-state index in [0.717, 1.165) is 44.3 Å². The number of aromatic nitrogens is 2. The molecule has 2 bridgehead atoms. The molecule has 5 heteroatoms. The maximum absolute atomic E-state index is 12.5. The lowest BCUT2D eigenvalue weighted by Crippen LogP contribution is -2.44. The molecule has 23 heavy (non-hydrogen) atoms. The van der Waals surface area contributed by atoms with Crippen LogP contribution in [0.5, 0.6) is 0 Å². The molecular weight excluding hydrogens is 288 g/mol. The highest BCUT2D eigenvalue weighted by atomic mass is 16.1. The van der Waals surface area contributed by atoms with Crippen molar-refractivity contribution in [3.63, 3.8) is 0 Å². The number of nitrogens with one attached hydrogen (secondary N) is 1. The first-order chi connectivity index (χ1) is 11.3. The number of nitrogens with zero attached hydrogens (tertiary/aromatic N) is 3. The fourth-order valence-electron chi connectivity index (χ4n) is 4.33. The molecule has 1 saturated carbocycles. The molecule has 3 aliphatic rings. The molecular formula is C18H24N4O. The number of carbonyl (C=O) groups excluding carboxylic acids is 1. The second-order valence-corrected chi connectivity index (χ2v) is 7.12. The molecule has 1 aromatic rings. The maximum Gasteiger partial charge on any atom is 0.225 e. The first-order valence-electron chi connectivity index (χ1n) is 8.77. The normalized spacial score (nSPS) is 32.3. The number of allylic oxidation sites excluding steroid dienone is 2. The minimum atomic E-state index is 0.0571. The van der Waals surface area contributed by atoms with Crippen LogP contribution in [0.25, 0.3) is 0 Å². The van der Waals surface area contributed by atoms with Gasteiger partial charge in [-0.25, -0.2) is 9.97 Å². The summed E-state index contributed by atoms with van der Waals surface area (Å²) >= 11 is 0. The zero-order valence-electron chi connectivity index (χ0n) is 13.4. The number of carbonyl (C=O) groups is 1. The van der Waals surface area contributed by atoms with Crippen molar-refractivity contribution in [1.29, 1.82) is 0 Å². The van der Waals surface area contributed by atoms with Crippen molar-refractivity contribution in [1.82, 2.24) is 15.3 Å². The molecule has 2 fully saturated rings. The van der Waals surface area contributed by atoms with Gasteiger partial charge in [0.2, 0.25) is 11.9 Å². The van der Waals surface area contributed by atoms with Gasteiger partial charge in [-0.2, -0.15) is 0 Å². The van der Waals surface area contributed by atoms with Crippen LogP contribution in [0.2, 0.25) is 0 Å². The highest BCUT2D eigenvalue weighted by molar-refractivity contribution is 5.79. The largest absolute Gasteiger partial charge is 0.356 e. The quantitative estimate of drug-likeness (QED) is 0.864. The molecule has 1 aliphatic heterocycles. The van der Waals surface area contributed by atoms with Gasteiger partial charge in [-0.1, -0.05) is 12.2 Å². The highest BCUT2D eigenvalue weighted by Gasteiger charge is 2.36. The number of hydrogen-bond donors (Lipinski definition) is 1. The van der Waals surface area contributed by atoms with Gasteiger partial charge in [0, 0.05) is 32.0 Å².